The molecule has 0 saturated carbocycles. The highest BCUT2D eigenvalue weighted by Gasteiger charge is 2.43. The van der Waals surface area contributed by atoms with E-state index in [9.17, 15) is 0 Å². The number of benzene rings is 1. The topological polar surface area (TPSA) is 30.5 Å². The van der Waals surface area contributed by atoms with Crippen molar-refractivity contribution in [3.8, 4) is 5.75 Å². The normalized spacial score (nSPS) is 29.6. The Bertz CT molecular complexity index is 480. The Kier molecular flexibility index (Phi) is 4.34. The maximum Gasteiger partial charge on any atom is 0.119 e. The van der Waals surface area contributed by atoms with E-state index >= 15 is 0 Å². The van der Waals surface area contributed by atoms with Crippen molar-refractivity contribution < 1.29 is 9.47 Å². The van der Waals surface area contributed by atoms with Gasteiger partial charge in [-0.05, 0) is 56.5 Å². The van der Waals surface area contributed by atoms with Crippen LogP contribution in [0.15, 0.2) is 22.7 Å². The summed E-state index contributed by atoms with van der Waals surface area (Å²) in [4.78, 5) is 0. The molecule has 0 aliphatic carbocycles. The molecule has 0 aromatic heterocycles. The lowest BCUT2D eigenvalue weighted by Crippen LogP contribution is -2.40. The number of halogens is 1. The van der Waals surface area contributed by atoms with E-state index in [1.165, 1.54) is 24.8 Å². The van der Waals surface area contributed by atoms with Gasteiger partial charge in [-0.15, -0.1) is 0 Å². The quantitative estimate of drug-likeness (QED) is 0.893. The molecule has 4 atom stereocenters. The van der Waals surface area contributed by atoms with Gasteiger partial charge >= 0.3 is 0 Å². The van der Waals surface area contributed by atoms with Crippen molar-refractivity contribution in [3.05, 3.63) is 28.2 Å². The average Bonchev–Trinajstić information content (AvgIpc) is 3.09. The van der Waals surface area contributed by atoms with Crippen LogP contribution < -0.4 is 10.1 Å². The fourth-order valence-electron chi connectivity index (χ4n) is 3.64. The first-order valence-electron chi connectivity index (χ1n) is 7.36. The molecule has 2 heterocycles. The molecule has 1 N–H and O–H groups in total. The van der Waals surface area contributed by atoms with Gasteiger partial charge in [-0.1, -0.05) is 15.9 Å². The van der Waals surface area contributed by atoms with Crippen LogP contribution in [0.25, 0.3) is 0 Å². The summed E-state index contributed by atoms with van der Waals surface area (Å²) in [5.41, 5.74) is 1.30. The van der Waals surface area contributed by atoms with Crippen LogP contribution in [-0.4, -0.2) is 32.4 Å². The molecule has 2 aliphatic rings. The maximum absolute atomic E-state index is 6.00. The van der Waals surface area contributed by atoms with Gasteiger partial charge in [0, 0.05) is 16.4 Å². The Morgan fingerprint density at radius 2 is 2.30 bits per heavy atom. The Labute approximate surface area is 129 Å². The van der Waals surface area contributed by atoms with E-state index in [0.717, 1.165) is 16.6 Å². The summed E-state index contributed by atoms with van der Waals surface area (Å²) in [7, 11) is 3.77. The largest absolute Gasteiger partial charge is 0.497 e. The lowest BCUT2D eigenvalue weighted by Gasteiger charge is -2.28. The Morgan fingerprint density at radius 3 is 2.90 bits per heavy atom. The van der Waals surface area contributed by atoms with Crippen LogP contribution in [0, 0.1) is 5.92 Å². The van der Waals surface area contributed by atoms with Gasteiger partial charge in [0.15, 0.2) is 0 Å². The van der Waals surface area contributed by atoms with Crippen LogP contribution in [0.5, 0.6) is 5.75 Å². The average molecular weight is 340 g/mol. The zero-order valence-corrected chi connectivity index (χ0v) is 13.7. The summed E-state index contributed by atoms with van der Waals surface area (Å²) in [5, 5.41) is 3.50. The Balaban J connectivity index is 1.74. The first-order valence-corrected chi connectivity index (χ1v) is 8.15. The number of methoxy groups -OCH3 is 1. The molecule has 0 radical (unpaired) electrons. The molecule has 1 aromatic carbocycles. The minimum Gasteiger partial charge on any atom is -0.497 e. The van der Waals surface area contributed by atoms with Crippen LogP contribution in [-0.2, 0) is 11.2 Å². The molecular formula is C16H22BrNO2. The standard InChI is InChI=1S/C16H22BrNO2/c1-18-15(13-9-12-4-6-16(13)20-12)8-10-7-11(19-2)3-5-14(10)17/h3,5,7,12-13,15-16,18H,4,6,8-9H2,1-2H3. The molecule has 0 amide bonds. The molecule has 110 valence electrons. The lowest BCUT2D eigenvalue weighted by molar-refractivity contribution is 0.0863. The van der Waals surface area contributed by atoms with Gasteiger partial charge in [0.1, 0.15) is 5.75 Å². The summed E-state index contributed by atoms with van der Waals surface area (Å²) in [5.74, 6) is 1.55. The van der Waals surface area contributed by atoms with E-state index in [1.54, 1.807) is 7.11 Å². The zero-order valence-electron chi connectivity index (χ0n) is 12.1. The zero-order chi connectivity index (χ0) is 14.1. The van der Waals surface area contributed by atoms with Crippen LogP contribution in [0.3, 0.4) is 0 Å². The fraction of sp³-hybridized carbons (Fsp3) is 0.625. The van der Waals surface area contributed by atoms with Gasteiger partial charge in [0.05, 0.1) is 19.3 Å². The second-order valence-corrected chi connectivity index (χ2v) is 6.68. The molecule has 4 unspecified atom stereocenters. The van der Waals surface area contributed by atoms with E-state index in [1.807, 2.05) is 6.07 Å². The van der Waals surface area contributed by atoms with E-state index in [0.29, 0.717) is 24.2 Å². The molecule has 2 aliphatic heterocycles. The maximum atomic E-state index is 6.00. The minimum atomic E-state index is 0.460. The first kappa shape index (κ1) is 14.4. The molecule has 3 rings (SSSR count). The first-order chi connectivity index (χ1) is 9.71. The molecule has 2 saturated heterocycles. The lowest BCUT2D eigenvalue weighted by atomic mass is 9.81. The Hall–Kier alpha value is -0.580. The summed E-state index contributed by atoms with van der Waals surface area (Å²) >= 11 is 3.65. The van der Waals surface area contributed by atoms with Crippen molar-refractivity contribution in [2.45, 2.75) is 43.9 Å². The number of nitrogens with one attached hydrogen (secondary N) is 1. The number of hydrogen-bond donors (Lipinski definition) is 1. The number of ether oxygens (including phenoxy) is 2. The van der Waals surface area contributed by atoms with Crippen molar-refractivity contribution in [1.29, 1.82) is 0 Å². The number of likely N-dealkylation sites (N-methyl/N-ethyl adjacent to an activating group) is 1. The van der Waals surface area contributed by atoms with Crippen molar-refractivity contribution in [2.75, 3.05) is 14.2 Å². The predicted octanol–water partition coefficient (Wildman–Crippen LogP) is 3.16. The predicted molar refractivity (Wildman–Crippen MR) is 83.2 cm³/mol. The molecule has 1 aromatic rings. The van der Waals surface area contributed by atoms with Gasteiger partial charge in [-0.2, -0.15) is 0 Å². The van der Waals surface area contributed by atoms with Crippen LogP contribution >= 0.6 is 15.9 Å². The van der Waals surface area contributed by atoms with Gasteiger partial charge in [-0.25, -0.2) is 0 Å². The summed E-state index contributed by atoms with van der Waals surface area (Å²) in [6.45, 7) is 0. The molecule has 4 heteroatoms. The van der Waals surface area contributed by atoms with E-state index in [4.69, 9.17) is 9.47 Å². The monoisotopic (exact) mass is 339 g/mol. The van der Waals surface area contributed by atoms with Gasteiger partial charge < -0.3 is 14.8 Å². The third-order valence-corrected chi connectivity index (χ3v) is 5.51. The third kappa shape index (κ3) is 2.74. The van der Waals surface area contributed by atoms with E-state index in [2.05, 4.69) is 40.4 Å². The molecule has 3 nitrogen and oxygen atoms in total. The summed E-state index contributed by atoms with van der Waals surface area (Å²) in [6.07, 6.45) is 5.66. The number of hydrogen-bond acceptors (Lipinski definition) is 3. The second kappa shape index (κ2) is 6.04. The fourth-order valence-corrected chi connectivity index (χ4v) is 4.05. The van der Waals surface area contributed by atoms with Crippen molar-refractivity contribution in [3.63, 3.8) is 0 Å². The third-order valence-electron chi connectivity index (χ3n) is 4.73. The molecular weight excluding hydrogens is 318 g/mol. The second-order valence-electron chi connectivity index (χ2n) is 5.83. The van der Waals surface area contributed by atoms with Gasteiger partial charge in [0.25, 0.3) is 0 Å². The van der Waals surface area contributed by atoms with Crippen molar-refractivity contribution in [1.82, 2.24) is 5.32 Å². The smallest absolute Gasteiger partial charge is 0.119 e. The van der Waals surface area contributed by atoms with E-state index < -0.39 is 0 Å². The summed E-state index contributed by atoms with van der Waals surface area (Å²) < 4.78 is 12.5. The van der Waals surface area contributed by atoms with Crippen molar-refractivity contribution in [2.24, 2.45) is 5.92 Å². The van der Waals surface area contributed by atoms with Crippen LogP contribution in [0.2, 0.25) is 0 Å². The number of rotatable bonds is 5. The Morgan fingerprint density at radius 1 is 1.45 bits per heavy atom. The minimum absolute atomic E-state index is 0.460. The van der Waals surface area contributed by atoms with Gasteiger partial charge in [0.2, 0.25) is 0 Å². The molecule has 20 heavy (non-hydrogen) atoms. The van der Waals surface area contributed by atoms with Crippen LogP contribution in [0.4, 0.5) is 0 Å². The highest BCUT2D eigenvalue weighted by molar-refractivity contribution is 9.10. The summed E-state index contributed by atoms with van der Waals surface area (Å²) in [6, 6.07) is 6.65. The highest BCUT2D eigenvalue weighted by atomic mass is 79.9. The molecule has 2 fully saturated rings. The van der Waals surface area contributed by atoms with Crippen LogP contribution in [0.1, 0.15) is 24.8 Å². The van der Waals surface area contributed by atoms with Gasteiger partial charge in [-0.3, -0.25) is 0 Å². The molecule has 0 spiro atoms. The SMILES string of the molecule is CNC(Cc1cc(OC)ccc1Br)C1CC2CCC1O2. The van der Waals surface area contributed by atoms with Crippen molar-refractivity contribution >= 4 is 15.9 Å². The van der Waals surface area contributed by atoms with E-state index in [-0.39, 0.29) is 0 Å². The number of fused-ring (bicyclic) bond motifs is 2. The highest BCUT2D eigenvalue weighted by Crippen LogP contribution is 2.41. The molecule has 2 bridgehead atoms.